The Kier molecular flexibility index (Phi) is 4.88. The Balaban J connectivity index is 2.33. The largest absolute Gasteiger partial charge is 0.493 e. The Hall–Kier alpha value is -2.42. The van der Waals surface area contributed by atoms with Crippen LogP contribution in [0.2, 0.25) is 0 Å². The van der Waals surface area contributed by atoms with Crippen molar-refractivity contribution in [2.75, 3.05) is 21.3 Å². The summed E-state index contributed by atoms with van der Waals surface area (Å²) in [4.78, 5) is 0. The van der Waals surface area contributed by atoms with E-state index in [1.165, 1.54) is 5.56 Å². The molecule has 0 aromatic heterocycles. The summed E-state index contributed by atoms with van der Waals surface area (Å²) < 4.78 is 16.0. The molecule has 0 bridgehead atoms. The third-order valence-electron chi connectivity index (χ3n) is 3.23. The number of hydrogen-bond donors (Lipinski definition) is 0. The van der Waals surface area contributed by atoms with Crippen LogP contribution in [0, 0.1) is 6.92 Å². The van der Waals surface area contributed by atoms with Gasteiger partial charge in [0, 0.05) is 0 Å². The molecule has 0 aliphatic heterocycles. The van der Waals surface area contributed by atoms with E-state index in [4.69, 9.17) is 14.2 Å². The van der Waals surface area contributed by atoms with E-state index >= 15 is 0 Å². The van der Waals surface area contributed by atoms with Gasteiger partial charge in [-0.2, -0.15) is 0 Å². The minimum absolute atomic E-state index is 0.604. The molecule has 3 heteroatoms. The second kappa shape index (κ2) is 6.84. The minimum atomic E-state index is 0.604. The predicted molar refractivity (Wildman–Crippen MR) is 86.2 cm³/mol. The summed E-state index contributed by atoms with van der Waals surface area (Å²) in [5, 5.41) is 0. The molecular formula is C18H20O3. The van der Waals surface area contributed by atoms with Crippen LogP contribution < -0.4 is 14.2 Å². The summed E-state index contributed by atoms with van der Waals surface area (Å²) in [6.45, 7) is 2.08. The standard InChI is InChI=1S/C18H20O3/c1-13-5-7-14(8-6-13)9-10-15-11-16(19-2)18(21-4)17(12-15)20-3/h5-12H,1-4H3/b10-9-. The highest BCUT2D eigenvalue weighted by Crippen LogP contribution is 2.38. The quantitative estimate of drug-likeness (QED) is 0.770. The van der Waals surface area contributed by atoms with Gasteiger partial charge in [0.1, 0.15) is 0 Å². The Morgan fingerprint density at radius 2 is 1.24 bits per heavy atom. The van der Waals surface area contributed by atoms with Gasteiger partial charge in [0.05, 0.1) is 21.3 Å². The molecule has 0 aliphatic rings. The van der Waals surface area contributed by atoms with Crippen LogP contribution in [0.1, 0.15) is 16.7 Å². The van der Waals surface area contributed by atoms with E-state index in [9.17, 15) is 0 Å². The number of aryl methyl sites for hydroxylation is 1. The predicted octanol–water partition coefficient (Wildman–Crippen LogP) is 4.19. The van der Waals surface area contributed by atoms with Crippen LogP contribution in [0.4, 0.5) is 0 Å². The van der Waals surface area contributed by atoms with Crippen LogP contribution in [0.25, 0.3) is 12.2 Å². The van der Waals surface area contributed by atoms with Crippen molar-refractivity contribution >= 4 is 12.2 Å². The van der Waals surface area contributed by atoms with E-state index < -0.39 is 0 Å². The Morgan fingerprint density at radius 3 is 1.71 bits per heavy atom. The summed E-state index contributed by atoms with van der Waals surface area (Å²) in [6, 6.07) is 12.2. The van der Waals surface area contributed by atoms with E-state index in [2.05, 4.69) is 37.3 Å². The van der Waals surface area contributed by atoms with Crippen LogP contribution in [0.15, 0.2) is 36.4 Å². The zero-order chi connectivity index (χ0) is 15.2. The maximum Gasteiger partial charge on any atom is 0.203 e. The molecule has 2 rings (SSSR count). The first kappa shape index (κ1) is 15.0. The molecule has 0 radical (unpaired) electrons. The van der Waals surface area contributed by atoms with Crippen molar-refractivity contribution < 1.29 is 14.2 Å². The Labute approximate surface area is 125 Å². The molecule has 3 nitrogen and oxygen atoms in total. The van der Waals surface area contributed by atoms with Crippen molar-refractivity contribution in [3.05, 3.63) is 53.1 Å². The van der Waals surface area contributed by atoms with Gasteiger partial charge in [-0.15, -0.1) is 0 Å². The van der Waals surface area contributed by atoms with E-state index in [-0.39, 0.29) is 0 Å². The third-order valence-corrected chi connectivity index (χ3v) is 3.23. The van der Waals surface area contributed by atoms with Crippen molar-refractivity contribution in [2.24, 2.45) is 0 Å². The summed E-state index contributed by atoms with van der Waals surface area (Å²) in [5.41, 5.74) is 3.39. The smallest absolute Gasteiger partial charge is 0.203 e. The van der Waals surface area contributed by atoms with Crippen molar-refractivity contribution in [1.29, 1.82) is 0 Å². The van der Waals surface area contributed by atoms with Crippen LogP contribution in [0.5, 0.6) is 17.2 Å². The lowest BCUT2D eigenvalue weighted by molar-refractivity contribution is 0.324. The first-order chi connectivity index (χ1) is 10.2. The van der Waals surface area contributed by atoms with Gasteiger partial charge in [0.15, 0.2) is 11.5 Å². The highest BCUT2D eigenvalue weighted by Gasteiger charge is 2.11. The molecule has 0 N–H and O–H groups in total. The molecule has 110 valence electrons. The molecule has 0 fully saturated rings. The number of ether oxygens (including phenoxy) is 3. The van der Waals surface area contributed by atoms with E-state index in [1.54, 1.807) is 21.3 Å². The average Bonchev–Trinajstić information content (AvgIpc) is 2.53. The van der Waals surface area contributed by atoms with Gasteiger partial charge < -0.3 is 14.2 Å². The van der Waals surface area contributed by atoms with Gasteiger partial charge in [-0.3, -0.25) is 0 Å². The SMILES string of the molecule is COc1cc(/C=C\c2ccc(C)cc2)cc(OC)c1OC. The van der Waals surface area contributed by atoms with Crippen molar-refractivity contribution in [1.82, 2.24) is 0 Å². The lowest BCUT2D eigenvalue weighted by atomic mass is 10.1. The van der Waals surface area contributed by atoms with Gasteiger partial charge >= 0.3 is 0 Å². The summed E-state index contributed by atoms with van der Waals surface area (Å²) in [5.74, 6) is 1.91. The lowest BCUT2D eigenvalue weighted by Gasteiger charge is -2.12. The highest BCUT2D eigenvalue weighted by molar-refractivity contribution is 5.72. The zero-order valence-electron chi connectivity index (χ0n) is 12.8. The number of benzene rings is 2. The molecule has 2 aromatic carbocycles. The molecular weight excluding hydrogens is 264 g/mol. The molecule has 0 saturated carbocycles. The van der Waals surface area contributed by atoms with Crippen LogP contribution in [-0.2, 0) is 0 Å². The molecule has 0 saturated heterocycles. The van der Waals surface area contributed by atoms with Gasteiger partial charge in [0.25, 0.3) is 0 Å². The third kappa shape index (κ3) is 3.57. The average molecular weight is 284 g/mol. The van der Waals surface area contributed by atoms with E-state index in [0.29, 0.717) is 17.2 Å². The molecule has 0 aliphatic carbocycles. The van der Waals surface area contributed by atoms with Crippen molar-refractivity contribution in [3.63, 3.8) is 0 Å². The highest BCUT2D eigenvalue weighted by atomic mass is 16.5. The molecule has 0 unspecified atom stereocenters. The number of methoxy groups -OCH3 is 3. The minimum Gasteiger partial charge on any atom is -0.493 e. The maximum absolute atomic E-state index is 5.35. The fraction of sp³-hybridized carbons (Fsp3) is 0.222. The number of rotatable bonds is 5. The first-order valence-corrected chi connectivity index (χ1v) is 6.72. The Bertz CT molecular complexity index is 602. The van der Waals surface area contributed by atoms with Crippen LogP contribution in [0.3, 0.4) is 0 Å². The zero-order valence-corrected chi connectivity index (χ0v) is 12.8. The van der Waals surface area contributed by atoms with E-state index in [0.717, 1.165) is 11.1 Å². The summed E-state index contributed by atoms with van der Waals surface area (Å²) >= 11 is 0. The molecule has 0 amide bonds. The normalized spacial score (nSPS) is 10.7. The topological polar surface area (TPSA) is 27.7 Å². The molecule has 21 heavy (non-hydrogen) atoms. The Morgan fingerprint density at radius 1 is 0.714 bits per heavy atom. The lowest BCUT2D eigenvalue weighted by Crippen LogP contribution is -1.95. The maximum atomic E-state index is 5.35. The molecule has 0 spiro atoms. The second-order valence-electron chi connectivity index (χ2n) is 4.70. The second-order valence-corrected chi connectivity index (χ2v) is 4.70. The van der Waals surface area contributed by atoms with Gasteiger partial charge in [-0.1, -0.05) is 42.0 Å². The molecule has 0 atom stereocenters. The van der Waals surface area contributed by atoms with E-state index in [1.807, 2.05) is 18.2 Å². The van der Waals surface area contributed by atoms with Gasteiger partial charge in [-0.05, 0) is 30.2 Å². The van der Waals surface area contributed by atoms with Gasteiger partial charge in [-0.25, -0.2) is 0 Å². The van der Waals surface area contributed by atoms with Crippen LogP contribution >= 0.6 is 0 Å². The van der Waals surface area contributed by atoms with Crippen molar-refractivity contribution in [3.8, 4) is 17.2 Å². The van der Waals surface area contributed by atoms with Crippen LogP contribution in [-0.4, -0.2) is 21.3 Å². The molecule has 2 aromatic rings. The number of hydrogen-bond acceptors (Lipinski definition) is 3. The fourth-order valence-corrected chi connectivity index (χ4v) is 2.07. The summed E-state index contributed by atoms with van der Waals surface area (Å²) in [6.07, 6.45) is 4.08. The first-order valence-electron chi connectivity index (χ1n) is 6.72. The summed E-state index contributed by atoms with van der Waals surface area (Å²) in [7, 11) is 4.83. The van der Waals surface area contributed by atoms with Gasteiger partial charge in [0.2, 0.25) is 5.75 Å². The molecule has 0 heterocycles. The van der Waals surface area contributed by atoms with Crippen molar-refractivity contribution in [2.45, 2.75) is 6.92 Å². The fourth-order valence-electron chi connectivity index (χ4n) is 2.07. The monoisotopic (exact) mass is 284 g/mol.